The topological polar surface area (TPSA) is 95.2 Å². The van der Waals surface area contributed by atoms with Crippen molar-refractivity contribution in [1.29, 1.82) is 0 Å². The molecule has 1 fully saturated rings. The zero-order valence-corrected chi connectivity index (χ0v) is 16.8. The summed E-state index contributed by atoms with van der Waals surface area (Å²) in [5, 5.41) is 15.3. The molecular weight excluding hydrogens is 394 g/mol. The van der Waals surface area contributed by atoms with E-state index in [0.717, 1.165) is 16.0 Å². The summed E-state index contributed by atoms with van der Waals surface area (Å²) in [6.07, 6.45) is 5.02. The fraction of sp³-hybridized carbons (Fsp3) is 0.250. The molecule has 5 rings (SSSR count). The number of pyridine rings is 2. The molecule has 7 heteroatoms. The first-order valence-electron chi connectivity index (χ1n) is 10.3. The lowest BCUT2D eigenvalue weighted by Crippen LogP contribution is -2.44. The average Bonchev–Trinajstić information content (AvgIpc) is 3.07. The molecule has 1 N–H and O–H groups in total. The highest BCUT2D eigenvalue weighted by Crippen LogP contribution is 2.46. The number of nitrogens with zero attached hydrogens (tertiary/aromatic N) is 2. The van der Waals surface area contributed by atoms with Crippen molar-refractivity contribution in [2.24, 2.45) is 5.92 Å². The van der Waals surface area contributed by atoms with Crippen LogP contribution in [0.2, 0.25) is 0 Å². The minimum absolute atomic E-state index is 0.0762. The number of hydrogen-bond acceptors (Lipinski definition) is 5. The summed E-state index contributed by atoms with van der Waals surface area (Å²) in [5.41, 5.74) is 2.23. The molecule has 7 nitrogen and oxygen atoms in total. The Morgan fingerprint density at radius 2 is 1.90 bits per heavy atom. The van der Waals surface area contributed by atoms with Crippen molar-refractivity contribution in [3.63, 3.8) is 0 Å². The lowest BCUT2D eigenvalue weighted by atomic mass is 9.76. The van der Waals surface area contributed by atoms with E-state index in [4.69, 9.17) is 4.74 Å². The molecule has 0 radical (unpaired) electrons. The maximum Gasteiger partial charge on any atom is 0.345 e. The van der Waals surface area contributed by atoms with Gasteiger partial charge in [-0.25, -0.2) is 4.79 Å². The van der Waals surface area contributed by atoms with Crippen LogP contribution in [-0.4, -0.2) is 16.9 Å². The van der Waals surface area contributed by atoms with Crippen LogP contribution in [0.25, 0.3) is 11.3 Å². The van der Waals surface area contributed by atoms with E-state index in [1.54, 1.807) is 24.4 Å². The third kappa shape index (κ3) is 3.42. The first-order chi connectivity index (χ1) is 15.1. The van der Waals surface area contributed by atoms with E-state index in [0.29, 0.717) is 42.6 Å². The van der Waals surface area contributed by atoms with Gasteiger partial charge in [0.15, 0.2) is 11.8 Å². The van der Waals surface area contributed by atoms with Gasteiger partial charge < -0.3 is 15.3 Å². The van der Waals surface area contributed by atoms with E-state index in [2.05, 4.69) is 10.3 Å². The Balaban J connectivity index is 1.29. The molecule has 1 saturated carbocycles. The lowest BCUT2D eigenvalue weighted by molar-refractivity contribution is -0.621. The van der Waals surface area contributed by atoms with Crippen LogP contribution in [0.4, 0.5) is 5.69 Å². The Hall–Kier alpha value is -3.74. The van der Waals surface area contributed by atoms with Gasteiger partial charge in [-0.2, -0.15) is 4.73 Å². The molecule has 1 aliphatic heterocycles. The molecule has 156 valence electrons. The number of benzene rings is 1. The summed E-state index contributed by atoms with van der Waals surface area (Å²) in [5.74, 6) is -0.758. The number of carbonyl (C=O) groups excluding carboxylic acids is 2. The molecule has 3 heterocycles. The van der Waals surface area contributed by atoms with E-state index >= 15 is 0 Å². The number of amides is 1. The van der Waals surface area contributed by atoms with Gasteiger partial charge in [0.05, 0.1) is 5.69 Å². The molecule has 1 spiro atoms. The van der Waals surface area contributed by atoms with E-state index in [9.17, 15) is 14.8 Å². The largest absolute Gasteiger partial charge is 0.618 e. The van der Waals surface area contributed by atoms with Gasteiger partial charge in [-0.05, 0) is 43.9 Å². The zero-order chi connectivity index (χ0) is 21.4. The number of nitrogens with one attached hydrogen (secondary N) is 1. The van der Waals surface area contributed by atoms with Crippen LogP contribution in [0.15, 0.2) is 67.0 Å². The Bertz CT molecular complexity index is 1150. The van der Waals surface area contributed by atoms with Gasteiger partial charge in [-0.15, -0.1) is 0 Å². The second kappa shape index (κ2) is 7.50. The average molecular weight is 415 g/mol. The maximum absolute atomic E-state index is 12.9. The van der Waals surface area contributed by atoms with E-state index < -0.39 is 11.6 Å². The van der Waals surface area contributed by atoms with E-state index in [-0.39, 0.29) is 11.8 Å². The molecule has 0 atom stereocenters. The Morgan fingerprint density at radius 3 is 2.68 bits per heavy atom. The monoisotopic (exact) mass is 415 g/mol. The van der Waals surface area contributed by atoms with Gasteiger partial charge >= 0.3 is 5.97 Å². The van der Waals surface area contributed by atoms with Crippen LogP contribution >= 0.6 is 0 Å². The van der Waals surface area contributed by atoms with Gasteiger partial charge in [0.1, 0.15) is 5.56 Å². The molecule has 2 aliphatic rings. The standard InChI is InChI=1S/C24H21N3O4/c28-22(26-18-10-13-25-20(15-18)16-5-2-1-3-6-16)17-8-11-24(12-9-17)21-19(23(29)31-24)7-4-14-27(21)30/h1-7,10,13-15,17H,8-9,11-12H2,(H,25,26,28)/t17-,24+. The lowest BCUT2D eigenvalue weighted by Gasteiger charge is -2.33. The summed E-state index contributed by atoms with van der Waals surface area (Å²) < 4.78 is 6.38. The van der Waals surface area contributed by atoms with Crippen LogP contribution in [0, 0.1) is 11.1 Å². The number of rotatable bonds is 3. The van der Waals surface area contributed by atoms with Crippen molar-refractivity contribution >= 4 is 17.6 Å². The smallest absolute Gasteiger partial charge is 0.345 e. The number of fused-ring (bicyclic) bond motifs is 2. The first-order valence-corrected chi connectivity index (χ1v) is 10.3. The maximum atomic E-state index is 12.9. The highest BCUT2D eigenvalue weighted by Gasteiger charge is 2.54. The molecule has 1 aromatic carbocycles. The first kappa shape index (κ1) is 19.2. The van der Waals surface area contributed by atoms with Crippen molar-refractivity contribution in [3.8, 4) is 11.3 Å². The molecule has 3 aromatic rings. The third-order valence-corrected chi connectivity index (χ3v) is 6.16. The number of aromatic nitrogens is 2. The van der Waals surface area contributed by atoms with Crippen molar-refractivity contribution in [1.82, 2.24) is 4.98 Å². The number of hydrogen-bond donors (Lipinski definition) is 1. The number of anilines is 1. The van der Waals surface area contributed by atoms with E-state index in [1.807, 2.05) is 36.4 Å². The molecular formula is C24H21N3O4. The van der Waals surface area contributed by atoms with Crippen LogP contribution in [0.5, 0.6) is 0 Å². The predicted molar refractivity (Wildman–Crippen MR) is 113 cm³/mol. The SMILES string of the molecule is O=C1O[C@]2(CC[C@@H](C(=O)Nc3ccnc(-c4ccccc4)c3)CC2)c2c1ccc[n+]2[O-]. The van der Waals surface area contributed by atoms with Crippen molar-refractivity contribution in [2.45, 2.75) is 31.3 Å². The molecule has 0 bridgehead atoms. The normalized spacial score (nSPS) is 22.1. The summed E-state index contributed by atoms with van der Waals surface area (Å²) in [6, 6.07) is 16.6. The van der Waals surface area contributed by atoms with Crippen LogP contribution in [0.3, 0.4) is 0 Å². The number of esters is 1. The number of carbonyl (C=O) groups is 2. The highest BCUT2D eigenvalue weighted by atomic mass is 16.6. The van der Waals surface area contributed by atoms with Gasteiger partial charge in [-0.1, -0.05) is 30.3 Å². The molecule has 0 saturated heterocycles. The number of ether oxygens (including phenoxy) is 1. The predicted octanol–water partition coefficient (Wildman–Crippen LogP) is 3.58. The van der Waals surface area contributed by atoms with Crippen LogP contribution in [-0.2, 0) is 15.1 Å². The summed E-state index contributed by atoms with van der Waals surface area (Å²) >= 11 is 0. The Morgan fingerprint density at radius 1 is 1.13 bits per heavy atom. The second-order valence-electron chi connectivity index (χ2n) is 8.04. The van der Waals surface area contributed by atoms with Crippen molar-refractivity contribution in [2.75, 3.05) is 5.32 Å². The highest BCUT2D eigenvalue weighted by molar-refractivity contribution is 5.94. The van der Waals surface area contributed by atoms with Crippen molar-refractivity contribution < 1.29 is 19.1 Å². The van der Waals surface area contributed by atoms with E-state index in [1.165, 1.54) is 6.20 Å². The third-order valence-electron chi connectivity index (χ3n) is 6.16. The van der Waals surface area contributed by atoms with Gasteiger partial charge in [0.25, 0.3) is 5.69 Å². The summed E-state index contributed by atoms with van der Waals surface area (Å²) in [4.78, 5) is 29.5. The Labute approximate surface area is 179 Å². The Kier molecular flexibility index (Phi) is 4.66. The quantitative estimate of drug-likeness (QED) is 0.401. The van der Waals surface area contributed by atoms with Crippen LogP contribution in [0.1, 0.15) is 41.7 Å². The molecule has 2 aromatic heterocycles. The van der Waals surface area contributed by atoms with Gasteiger partial charge in [0, 0.05) is 29.4 Å². The minimum Gasteiger partial charge on any atom is -0.618 e. The fourth-order valence-electron chi connectivity index (χ4n) is 4.59. The molecule has 1 amide bonds. The van der Waals surface area contributed by atoms with Gasteiger partial charge in [0.2, 0.25) is 5.91 Å². The van der Waals surface area contributed by atoms with Crippen LogP contribution < -0.4 is 10.0 Å². The van der Waals surface area contributed by atoms with Crippen molar-refractivity contribution in [3.05, 3.63) is 83.5 Å². The second-order valence-corrected chi connectivity index (χ2v) is 8.04. The minimum atomic E-state index is -0.927. The molecule has 31 heavy (non-hydrogen) atoms. The van der Waals surface area contributed by atoms with Gasteiger partial charge in [-0.3, -0.25) is 9.78 Å². The molecule has 0 unspecified atom stereocenters. The summed E-state index contributed by atoms with van der Waals surface area (Å²) in [6.45, 7) is 0. The fourth-order valence-corrected chi connectivity index (χ4v) is 4.59. The summed E-state index contributed by atoms with van der Waals surface area (Å²) in [7, 11) is 0. The zero-order valence-electron chi connectivity index (χ0n) is 16.8. The molecule has 1 aliphatic carbocycles.